The van der Waals surface area contributed by atoms with Crippen LogP contribution < -0.4 is 16.6 Å². The number of likely N-dealkylation sites (tertiary alicyclic amines) is 1. The molecule has 7 nitrogen and oxygen atoms in total. The lowest BCUT2D eigenvalue weighted by Crippen LogP contribution is -2.49. The smallest absolute Gasteiger partial charge is 0.328 e. The van der Waals surface area contributed by atoms with Crippen molar-refractivity contribution in [1.29, 1.82) is 0 Å². The third-order valence-electron chi connectivity index (χ3n) is 6.70. The first kappa shape index (κ1) is 21.5. The van der Waals surface area contributed by atoms with Gasteiger partial charge in [-0.1, -0.05) is 31.0 Å². The number of nitrogens with zero attached hydrogens (tertiary/aromatic N) is 2. The first-order valence-electron chi connectivity index (χ1n) is 11.0. The van der Waals surface area contributed by atoms with E-state index in [1.165, 1.54) is 16.8 Å². The number of hydrogen-bond donors (Lipinski definition) is 2. The Morgan fingerprint density at radius 3 is 2.52 bits per heavy atom. The molecule has 1 saturated carbocycles. The van der Waals surface area contributed by atoms with E-state index in [1.807, 2.05) is 12.1 Å². The van der Waals surface area contributed by atoms with Gasteiger partial charge in [0.05, 0.1) is 0 Å². The van der Waals surface area contributed by atoms with Gasteiger partial charge in [-0.2, -0.15) is 0 Å². The van der Waals surface area contributed by atoms with Crippen molar-refractivity contribution in [2.75, 3.05) is 19.6 Å². The number of aromatic nitrogens is 2. The zero-order chi connectivity index (χ0) is 21.8. The van der Waals surface area contributed by atoms with Crippen LogP contribution in [0, 0.1) is 5.82 Å². The molecule has 2 N–H and O–H groups in total. The standard InChI is InChI=1S/C23H29FN4O3/c24-19-6-2-1-5-18(19)23(10-3-4-11-23)16-27-12-7-17(8-13-27)25-21(30)15-28-14-9-20(29)26-22(28)31/h1-2,5-6,9,14,17H,3-4,7-8,10-13,15-16H2,(H,25,30)(H,26,29,31). The van der Waals surface area contributed by atoms with Gasteiger partial charge in [-0.3, -0.25) is 19.1 Å². The molecule has 1 amide bonds. The second-order valence-corrected chi connectivity index (χ2v) is 8.82. The Balaban J connectivity index is 1.32. The Morgan fingerprint density at radius 1 is 1.13 bits per heavy atom. The van der Waals surface area contributed by atoms with E-state index >= 15 is 0 Å². The maximum atomic E-state index is 14.6. The minimum Gasteiger partial charge on any atom is -0.352 e. The second kappa shape index (κ2) is 9.18. The molecular formula is C23H29FN4O3. The van der Waals surface area contributed by atoms with E-state index < -0.39 is 11.2 Å². The molecule has 0 atom stereocenters. The number of aromatic amines is 1. The summed E-state index contributed by atoms with van der Waals surface area (Å²) >= 11 is 0. The molecule has 1 aromatic heterocycles. The van der Waals surface area contributed by atoms with Crippen LogP contribution in [0.5, 0.6) is 0 Å². The third kappa shape index (κ3) is 4.95. The van der Waals surface area contributed by atoms with Crippen molar-refractivity contribution in [2.24, 2.45) is 0 Å². The highest BCUT2D eigenvalue weighted by Crippen LogP contribution is 2.43. The largest absolute Gasteiger partial charge is 0.352 e. The first-order chi connectivity index (χ1) is 14.9. The summed E-state index contributed by atoms with van der Waals surface area (Å²) < 4.78 is 15.8. The van der Waals surface area contributed by atoms with E-state index in [4.69, 9.17) is 0 Å². The lowest BCUT2D eigenvalue weighted by Gasteiger charge is -2.39. The number of H-pyrrole nitrogens is 1. The number of amides is 1. The Kier molecular flexibility index (Phi) is 6.36. The number of carbonyl (C=O) groups is 1. The van der Waals surface area contributed by atoms with E-state index in [1.54, 1.807) is 12.1 Å². The second-order valence-electron chi connectivity index (χ2n) is 8.82. The lowest BCUT2D eigenvalue weighted by atomic mass is 9.77. The van der Waals surface area contributed by atoms with Crippen molar-refractivity contribution in [3.63, 3.8) is 0 Å². The average molecular weight is 429 g/mol. The number of rotatable bonds is 6. The van der Waals surface area contributed by atoms with Gasteiger partial charge in [0.15, 0.2) is 0 Å². The third-order valence-corrected chi connectivity index (χ3v) is 6.70. The van der Waals surface area contributed by atoms with Crippen molar-refractivity contribution < 1.29 is 9.18 Å². The maximum absolute atomic E-state index is 14.6. The van der Waals surface area contributed by atoms with Crippen LogP contribution in [0.1, 0.15) is 44.1 Å². The topological polar surface area (TPSA) is 87.2 Å². The zero-order valence-corrected chi connectivity index (χ0v) is 17.6. The molecule has 1 saturated heterocycles. The van der Waals surface area contributed by atoms with Gasteiger partial charge in [0, 0.05) is 43.4 Å². The molecule has 1 aliphatic heterocycles. The fraction of sp³-hybridized carbons (Fsp3) is 0.522. The molecule has 8 heteroatoms. The van der Waals surface area contributed by atoms with E-state index in [2.05, 4.69) is 15.2 Å². The molecule has 1 aromatic carbocycles. The Morgan fingerprint density at radius 2 is 1.84 bits per heavy atom. The fourth-order valence-electron chi connectivity index (χ4n) is 5.12. The van der Waals surface area contributed by atoms with Crippen LogP contribution in [-0.2, 0) is 16.8 Å². The summed E-state index contributed by atoms with van der Waals surface area (Å²) in [6, 6.07) is 8.44. The van der Waals surface area contributed by atoms with Gasteiger partial charge in [-0.05, 0) is 37.3 Å². The summed E-state index contributed by atoms with van der Waals surface area (Å²) in [4.78, 5) is 39.8. The molecule has 166 valence electrons. The SMILES string of the molecule is O=C(Cn1ccc(=O)[nH]c1=O)NC1CCN(CC2(c3ccccc3F)CCCC2)CC1. The lowest BCUT2D eigenvalue weighted by molar-refractivity contribution is -0.122. The summed E-state index contributed by atoms with van der Waals surface area (Å²) in [5.41, 5.74) is -0.349. The number of carbonyl (C=O) groups excluding carboxylic acids is 1. The molecular weight excluding hydrogens is 399 g/mol. The first-order valence-corrected chi connectivity index (χ1v) is 11.0. The van der Waals surface area contributed by atoms with Gasteiger partial charge in [-0.25, -0.2) is 9.18 Å². The quantitative estimate of drug-likeness (QED) is 0.734. The van der Waals surface area contributed by atoms with E-state index in [0.717, 1.165) is 63.7 Å². The summed E-state index contributed by atoms with van der Waals surface area (Å²) in [6.45, 7) is 2.42. The fourth-order valence-corrected chi connectivity index (χ4v) is 5.12. The van der Waals surface area contributed by atoms with Gasteiger partial charge in [-0.15, -0.1) is 0 Å². The summed E-state index contributed by atoms with van der Waals surface area (Å²) in [5.74, 6) is -0.352. The molecule has 0 spiro atoms. The van der Waals surface area contributed by atoms with Crippen molar-refractivity contribution >= 4 is 5.91 Å². The van der Waals surface area contributed by atoms with Gasteiger partial charge >= 0.3 is 5.69 Å². The van der Waals surface area contributed by atoms with Crippen molar-refractivity contribution in [1.82, 2.24) is 19.8 Å². The van der Waals surface area contributed by atoms with Crippen LogP contribution in [0.2, 0.25) is 0 Å². The van der Waals surface area contributed by atoms with Gasteiger partial charge in [0.25, 0.3) is 5.56 Å². The van der Waals surface area contributed by atoms with Crippen LogP contribution in [0.25, 0.3) is 0 Å². The summed E-state index contributed by atoms with van der Waals surface area (Å²) in [5, 5.41) is 3.00. The number of hydrogen-bond acceptors (Lipinski definition) is 4. The molecule has 2 aromatic rings. The molecule has 0 radical (unpaired) electrons. The van der Waals surface area contributed by atoms with Crippen molar-refractivity contribution in [3.8, 4) is 0 Å². The Labute approximate surface area is 180 Å². The van der Waals surface area contributed by atoms with Gasteiger partial charge in [0.2, 0.25) is 5.91 Å². The van der Waals surface area contributed by atoms with Crippen LogP contribution in [0.4, 0.5) is 4.39 Å². The summed E-state index contributed by atoms with van der Waals surface area (Å²) in [6.07, 6.45) is 7.25. The minimum absolute atomic E-state index is 0.0511. The number of piperidine rings is 1. The molecule has 4 rings (SSSR count). The highest BCUT2D eigenvalue weighted by atomic mass is 19.1. The van der Waals surface area contributed by atoms with Crippen LogP contribution in [0.15, 0.2) is 46.1 Å². The number of nitrogens with one attached hydrogen (secondary N) is 2. The highest BCUT2D eigenvalue weighted by molar-refractivity contribution is 5.76. The highest BCUT2D eigenvalue weighted by Gasteiger charge is 2.39. The maximum Gasteiger partial charge on any atom is 0.328 e. The van der Waals surface area contributed by atoms with Crippen molar-refractivity contribution in [3.05, 3.63) is 68.7 Å². The molecule has 2 aliphatic rings. The number of benzene rings is 1. The molecule has 0 unspecified atom stereocenters. The van der Waals surface area contributed by atoms with Crippen LogP contribution in [0.3, 0.4) is 0 Å². The predicted molar refractivity (Wildman–Crippen MR) is 115 cm³/mol. The zero-order valence-electron chi connectivity index (χ0n) is 17.6. The Hall–Kier alpha value is -2.74. The molecule has 1 aliphatic carbocycles. The molecule has 0 bridgehead atoms. The van der Waals surface area contributed by atoms with Crippen molar-refractivity contribution in [2.45, 2.75) is 56.5 Å². The van der Waals surface area contributed by atoms with E-state index in [-0.39, 0.29) is 29.7 Å². The predicted octanol–water partition coefficient (Wildman–Crippen LogP) is 1.77. The molecule has 2 heterocycles. The van der Waals surface area contributed by atoms with Crippen LogP contribution in [-0.4, -0.2) is 46.0 Å². The molecule has 31 heavy (non-hydrogen) atoms. The minimum atomic E-state index is -0.590. The van der Waals surface area contributed by atoms with Gasteiger partial charge in [0.1, 0.15) is 12.4 Å². The monoisotopic (exact) mass is 428 g/mol. The Bertz CT molecular complexity index is 1030. The number of halogens is 1. The van der Waals surface area contributed by atoms with Crippen LogP contribution >= 0.6 is 0 Å². The van der Waals surface area contributed by atoms with E-state index in [9.17, 15) is 18.8 Å². The molecule has 2 fully saturated rings. The summed E-state index contributed by atoms with van der Waals surface area (Å²) in [7, 11) is 0. The average Bonchev–Trinajstić information content (AvgIpc) is 3.21. The van der Waals surface area contributed by atoms with Gasteiger partial charge < -0.3 is 10.2 Å². The normalized spacial score (nSPS) is 19.4. The van der Waals surface area contributed by atoms with E-state index in [0.29, 0.717) is 0 Å².